The molecule has 0 spiro atoms. The molecule has 7 aromatic carbocycles. The van der Waals surface area contributed by atoms with Crippen LogP contribution in [0.1, 0.15) is 47.4 Å². The number of nitrogens with zero attached hydrogens (tertiary/aromatic N) is 7. The van der Waals surface area contributed by atoms with E-state index in [0.29, 0.717) is 68.9 Å². The summed E-state index contributed by atoms with van der Waals surface area (Å²) in [6.45, 7) is 10.2. The Balaban J connectivity index is 0.748. The van der Waals surface area contributed by atoms with Crippen molar-refractivity contribution in [3.63, 3.8) is 0 Å². The molecule has 1 N–H and O–H groups in total. The summed E-state index contributed by atoms with van der Waals surface area (Å²) in [5.41, 5.74) is 5.69. The van der Waals surface area contributed by atoms with Gasteiger partial charge < -0.3 is 29.5 Å². The number of piperazine rings is 2. The zero-order valence-corrected chi connectivity index (χ0v) is 51.2. The number of nitrogens with one attached hydrogen (secondary N) is 1. The number of fused-ring (bicyclic) bond motifs is 2. The van der Waals surface area contributed by atoms with Gasteiger partial charge in [0.2, 0.25) is 0 Å². The molecule has 2 aliphatic rings. The summed E-state index contributed by atoms with van der Waals surface area (Å²) in [7, 11) is 0. The molecule has 0 bridgehead atoms. The van der Waals surface area contributed by atoms with Gasteiger partial charge in [0.25, 0.3) is 11.1 Å². The molecular weight excluding hydrogens is 1180 g/mol. The van der Waals surface area contributed by atoms with Gasteiger partial charge in [0.05, 0.1) is 55.7 Å². The molecule has 2 fully saturated rings. The zero-order valence-electron chi connectivity index (χ0n) is 48.2. The lowest BCUT2D eigenvalue weighted by Crippen LogP contribution is -2.47. The van der Waals surface area contributed by atoms with Crippen molar-refractivity contribution in [2.75, 3.05) is 88.5 Å². The van der Waals surface area contributed by atoms with Crippen molar-refractivity contribution in [2.45, 2.75) is 44.8 Å². The maximum atomic E-state index is 14.7. The average Bonchev–Trinajstić information content (AvgIpc) is 2.73. The fraction of sp³-hybridized carbons (Fsp3) is 0.275. The van der Waals surface area contributed by atoms with Gasteiger partial charge in [0.15, 0.2) is 0 Å². The van der Waals surface area contributed by atoms with Crippen LogP contribution in [-0.2, 0) is 19.6 Å². The number of anilines is 2. The largest absolute Gasteiger partial charge is 0.494 e. The Morgan fingerprint density at radius 3 is 1.57 bits per heavy atom. The molecule has 2 amide bonds. The first-order valence-electron chi connectivity index (χ1n) is 29.6. The molecule has 2 saturated heterocycles. The highest BCUT2D eigenvalue weighted by Gasteiger charge is 2.25. The number of ether oxygens (including phenoxy) is 2. The van der Waals surface area contributed by atoms with Gasteiger partial charge in [-0.3, -0.25) is 19.4 Å². The summed E-state index contributed by atoms with van der Waals surface area (Å²) in [6.07, 6.45) is 2.56. The third kappa shape index (κ3) is 15.1. The summed E-state index contributed by atoms with van der Waals surface area (Å²) in [5.74, 6) is 1.02. The molecule has 1 atom stereocenters. The second-order valence-corrected chi connectivity index (χ2v) is 23.7. The van der Waals surface area contributed by atoms with E-state index in [4.69, 9.17) is 55.9 Å². The van der Waals surface area contributed by atoms with Crippen LogP contribution >= 0.6 is 46.4 Å². The predicted molar refractivity (Wildman–Crippen MR) is 351 cm³/mol. The van der Waals surface area contributed by atoms with E-state index in [1.807, 2.05) is 127 Å². The molecule has 0 radical (unpaired) electrons. The van der Waals surface area contributed by atoms with Gasteiger partial charge in [-0.25, -0.2) is 18.7 Å². The second kappa shape index (κ2) is 28.8. The van der Waals surface area contributed by atoms with Gasteiger partial charge in [-0.05, 0) is 126 Å². The number of amides is 2. The Morgan fingerprint density at radius 2 is 1.01 bits per heavy atom. The van der Waals surface area contributed by atoms with Crippen molar-refractivity contribution in [3.8, 4) is 11.5 Å². The molecule has 4 heterocycles. The number of aromatic nitrogens is 2. The minimum absolute atomic E-state index is 0.0788. The van der Waals surface area contributed by atoms with Crippen molar-refractivity contribution >= 4 is 91.6 Å². The third-order valence-corrected chi connectivity index (χ3v) is 18.0. The van der Waals surface area contributed by atoms with Crippen LogP contribution in [-0.4, -0.2) is 115 Å². The third-order valence-electron chi connectivity index (χ3n) is 16.4. The fourth-order valence-corrected chi connectivity index (χ4v) is 12.4. The SMILES string of the molecule is O=C(NCc1ccc(C(CCN2CCN(c3cccc(Cl)c3Cl)CC2)COc2ccc3ccc(=O)n(C(=O)N(Cc4ccccc4)Cc4ccccc4)c3c2)cc1)n1c(=O)ccc2ccc(OCCCCN3CCN(c4cccc(Cl)c4Cl)CC3)cc21. The molecule has 1 unspecified atom stereocenters. The highest BCUT2D eigenvalue weighted by Crippen LogP contribution is 2.35. The van der Waals surface area contributed by atoms with Crippen LogP contribution in [0.3, 0.4) is 0 Å². The number of carbonyl (C=O) groups is 2. The van der Waals surface area contributed by atoms with Crippen LogP contribution in [0.4, 0.5) is 21.0 Å². The van der Waals surface area contributed by atoms with E-state index in [1.54, 1.807) is 35.2 Å². The highest BCUT2D eigenvalue weighted by atomic mass is 35.5. The number of benzene rings is 7. The van der Waals surface area contributed by atoms with E-state index in [-0.39, 0.29) is 12.5 Å². The minimum Gasteiger partial charge on any atom is -0.494 e. The number of unbranched alkanes of at least 4 members (excludes halogenated alkanes) is 1. The highest BCUT2D eigenvalue weighted by molar-refractivity contribution is 6.44. The van der Waals surface area contributed by atoms with Crippen LogP contribution < -0.4 is 35.7 Å². The predicted octanol–water partition coefficient (Wildman–Crippen LogP) is 13.7. The normalized spacial score (nSPS) is 14.3. The van der Waals surface area contributed by atoms with Gasteiger partial charge in [-0.2, -0.15) is 0 Å². The number of rotatable bonds is 21. The van der Waals surface area contributed by atoms with Crippen molar-refractivity contribution in [1.29, 1.82) is 0 Å². The average molecular weight is 1250 g/mol. The number of halogens is 4. The Labute approximate surface area is 526 Å². The van der Waals surface area contributed by atoms with Gasteiger partial charge >= 0.3 is 12.1 Å². The summed E-state index contributed by atoms with van der Waals surface area (Å²) in [6, 6.07) is 55.4. The molecule has 18 heteroatoms. The lowest BCUT2D eigenvalue weighted by Gasteiger charge is -2.37. The van der Waals surface area contributed by atoms with Gasteiger partial charge in [-0.15, -0.1) is 0 Å². The lowest BCUT2D eigenvalue weighted by atomic mass is 9.95. The number of carbonyl (C=O) groups excluding carboxylic acids is 2. The summed E-state index contributed by atoms with van der Waals surface area (Å²) >= 11 is 25.8. The molecular formula is C69H68Cl4N8O6. The Bertz CT molecular complexity index is 3930. The molecule has 0 saturated carbocycles. The van der Waals surface area contributed by atoms with Crippen LogP contribution in [0.2, 0.25) is 20.1 Å². The molecule has 9 aromatic rings. The van der Waals surface area contributed by atoms with Gasteiger partial charge in [-0.1, -0.05) is 143 Å². The number of hydrogen-bond acceptors (Lipinski definition) is 10. The maximum absolute atomic E-state index is 14.7. The molecule has 448 valence electrons. The zero-order chi connectivity index (χ0) is 60.2. The van der Waals surface area contributed by atoms with E-state index < -0.39 is 23.2 Å². The van der Waals surface area contributed by atoms with Crippen molar-refractivity contribution < 1.29 is 19.1 Å². The van der Waals surface area contributed by atoms with Crippen molar-refractivity contribution in [2.24, 2.45) is 0 Å². The summed E-state index contributed by atoms with van der Waals surface area (Å²) < 4.78 is 15.3. The van der Waals surface area contributed by atoms with E-state index in [2.05, 4.69) is 37.0 Å². The molecule has 87 heavy (non-hydrogen) atoms. The maximum Gasteiger partial charge on any atom is 0.332 e. The van der Waals surface area contributed by atoms with E-state index >= 15 is 0 Å². The summed E-state index contributed by atoms with van der Waals surface area (Å²) in [5, 5.41) is 6.69. The monoisotopic (exact) mass is 1240 g/mol. The van der Waals surface area contributed by atoms with E-state index in [9.17, 15) is 19.2 Å². The molecule has 11 rings (SSSR count). The first-order chi connectivity index (χ1) is 42.4. The Hall–Kier alpha value is -7.82. The molecule has 0 aliphatic carbocycles. The Morgan fingerprint density at radius 1 is 0.506 bits per heavy atom. The quantitative estimate of drug-likeness (QED) is 0.0695. The first kappa shape index (κ1) is 60.9. The van der Waals surface area contributed by atoms with Crippen LogP contribution in [0.25, 0.3) is 21.8 Å². The number of hydrogen-bond donors (Lipinski definition) is 1. The standard InChI is InChI=1S/C69H68Cl4N8O6/c70-58-15-9-17-60(66(58)72)77-38-34-75(35-39-77)32-7-8-42-86-56-27-23-53-25-29-64(82)80(62(53)43-56)68(84)74-45-49-19-21-52(22-20-49)55(31-33-76-36-40-78(41-37-76)61-18-10-16-59(71)67(61)73)48-87-57-28-24-54-26-30-65(83)81(63(54)44-57)69(85)79(46-50-11-3-1-4-12-50)47-51-13-5-2-6-14-51/h1-6,9-30,43-44,55H,7-8,31-42,45-48H2,(H,74,84). The molecule has 2 aliphatic heterocycles. The van der Waals surface area contributed by atoms with Crippen LogP contribution in [0, 0.1) is 0 Å². The van der Waals surface area contributed by atoms with E-state index in [1.165, 1.54) is 16.7 Å². The van der Waals surface area contributed by atoms with Crippen LogP contribution in [0.5, 0.6) is 11.5 Å². The Kier molecular flexibility index (Phi) is 20.1. The fourth-order valence-electron chi connectivity index (χ4n) is 11.5. The second-order valence-electron chi connectivity index (χ2n) is 22.1. The van der Waals surface area contributed by atoms with Gasteiger partial charge in [0.1, 0.15) is 11.5 Å². The molecule has 2 aromatic heterocycles. The summed E-state index contributed by atoms with van der Waals surface area (Å²) in [4.78, 5) is 67.0. The molecule has 14 nitrogen and oxygen atoms in total. The lowest BCUT2D eigenvalue weighted by molar-refractivity contribution is 0.194. The van der Waals surface area contributed by atoms with E-state index in [0.717, 1.165) is 134 Å². The topological polar surface area (TPSA) is 125 Å². The van der Waals surface area contributed by atoms with Crippen molar-refractivity contribution in [1.82, 2.24) is 29.2 Å². The minimum atomic E-state index is -0.545. The smallest absolute Gasteiger partial charge is 0.332 e. The number of pyridine rings is 2. The van der Waals surface area contributed by atoms with Crippen LogP contribution in [0.15, 0.2) is 192 Å². The van der Waals surface area contributed by atoms with Gasteiger partial charge in [0, 0.05) is 102 Å². The van der Waals surface area contributed by atoms with Crippen molar-refractivity contribution in [3.05, 3.63) is 245 Å². The first-order valence-corrected chi connectivity index (χ1v) is 31.1.